The van der Waals surface area contributed by atoms with Crippen LogP contribution in [-0.2, 0) is 16.0 Å². The summed E-state index contributed by atoms with van der Waals surface area (Å²) in [5.41, 5.74) is 7.27. The SMILES string of the molecule is CC1OCCC1N(C)C(=O)[C@@H](N)CCc1ccccc1. The molecule has 1 saturated heterocycles. The van der Waals surface area contributed by atoms with Gasteiger partial charge in [0.15, 0.2) is 0 Å². The average Bonchev–Trinajstić information content (AvgIpc) is 2.90. The fourth-order valence-electron chi connectivity index (χ4n) is 2.74. The lowest BCUT2D eigenvalue weighted by Gasteiger charge is -2.29. The number of amides is 1. The van der Waals surface area contributed by atoms with E-state index in [9.17, 15) is 4.79 Å². The predicted octanol–water partition coefficient (Wildman–Crippen LogP) is 1.58. The van der Waals surface area contributed by atoms with E-state index in [1.807, 2.05) is 32.2 Å². The number of hydrogen-bond acceptors (Lipinski definition) is 3. The maximum atomic E-state index is 12.3. The number of carbonyl (C=O) groups excluding carboxylic acids is 1. The van der Waals surface area contributed by atoms with Gasteiger partial charge in [0.05, 0.1) is 18.2 Å². The molecule has 4 nitrogen and oxygen atoms in total. The van der Waals surface area contributed by atoms with Crippen LogP contribution in [0.2, 0.25) is 0 Å². The van der Waals surface area contributed by atoms with Crippen molar-refractivity contribution in [3.8, 4) is 0 Å². The minimum atomic E-state index is -0.437. The van der Waals surface area contributed by atoms with E-state index in [1.165, 1.54) is 5.56 Å². The molecule has 1 aliphatic heterocycles. The molecule has 0 spiro atoms. The predicted molar refractivity (Wildman–Crippen MR) is 79.3 cm³/mol. The highest BCUT2D eigenvalue weighted by molar-refractivity contribution is 5.81. The van der Waals surface area contributed by atoms with Crippen LogP contribution in [0.4, 0.5) is 0 Å². The number of hydrogen-bond donors (Lipinski definition) is 1. The molecule has 0 saturated carbocycles. The lowest BCUT2D eigenvalue weighted by atomic mass is 10.0. The number of aryl methyl sites for hydroxylation is 1. The number of rotatable bonds is 5. The summed E-state index contributed by atoms with van der Waals surface area (Å²) in [6.07, 6.45) is 2.51. The van der Waals surface area contributed by atoms with Gasteiger partial charge in [0.2, 0.25) is 5.91 Å². The van der Waals surface area contributed by atoms with Crippen LogP contribution in [0.3, 0.4) is 0 Å². The second kappa shape index (κ2) is 6.86. The Labute approximate surface area is 120 Å². The quantitative estimate of drug-likeness (QED) is 0.888. The first kappa shape index (κ1) is 15.0. The Bertz CT molecular complexity index is 435. The smallest absolute Gasteiger partial charge is 0.239 e. The van der Waals surface area contributed by atoms with Crippen molar-refractivity contribution >= 4 is 5.91 Å². The fourth-order valence-corrected chi connectivity index (χ4v) is 2.74. The number of nitrogens with zero attached hydrogens (tertiary/aromatic N) is 1. The molecule has 1 aromatic rings. The minimum Gasteiger partial charge on any atom is -0.376 e. The topological polar surface area (TPSA) is 55.6 Å². The van der Waals surface area contributed by atoms with Crippen molar-refractivity contribution in [2.24, 2.45) is 5.73 Å². The second-order valence-corrected chi connectivity index (χ2v) is 5.51. The van der Waals surface area contributed by atoms with Crippen LogP contribution in [0.1, 0.15) is 25.3 Å². The molecule has 1 heterocycles. The molecule has 0 bridgehead atoms. The van der Waals surface area contributed by atoms with Gasteiger partial charge in [0.1, 0.15) is 0 Å². The molecule has 0 radical (unpaired) electrons. The van der Waals surface area contributed by atoms with Crippen LogP contribution in [0.15, 0.2) is 30.3 Å². The first-order valence-electron chi connectivity index (χ1n) is 7.27. The Morgan fingerprint density at radius 3 is 2.75 bits per heavy atom. The van der Waals surface area contributed by atoms with E-state index in [1.54, 1.807) is 4.90 Å². The summed E-state index contributed by atoms with van der Waals surface area (Å²) in [5, 5.41) is 0. The van der Waals surface area contributed by atoms with E-state index in [-0.39, 0.29) is 18.1 Å². The lowest BCUT2D eigenvalue weighted by Crippen LogP contribution is -2.48. The molecular formula is C16H24N2O2. The van der Waals surface area contributed by atoms with Crippen molar-refractivity contribution < 1.29 is 9.53 Å². The summed E-state index contributed by atoms with van der Waals surface area (Å²) in [5.74, 6) is 0.0169. The van der Waals surface area contributed by atoms with Crippen molar-refractivity contribution in [2.75, 3.05) is 13.7 Å². The third kappa shape index (κ3) is 3.58. The van der Waals surface area contributed by atoms with Gasteiger partial charge in [0.25, 0.3) is 0 Å². The second-order valence-electron chi connectivity index (χ2n) is 5.51. The summed E-state index contributed by atoms with van der Waals surface area (Å²) in [7, 11) is 1.83. The van der Waals surface area contributed by atoms with Crippen LogP contribution in [0.25, 0.3) is 0 Å². The summed E-state index contributed by atoms with van der Waals surface area (Å²) in [4.78, 5) is 14.1. The molecule has 2 rings (SSSR count). The molecule has 1 fully saturated rings. The molecule has 110 valence electrons. The van der Waals surface area contributed by atoms with E-state index < -0.39 is 6.04 Å². The van der Waals surface area contributed by atoms with Crippen molar-refractivity contribution in [2.45, 2.75) is 44.4 Å². The van der Waals surface area contributed by atoms with Gasteiger partial charge in [0, 0.05) is 13.7 Å². The van der Waals surface area contributed by atoms with Crippen molar-refractivity contribution in [1.29, 1.82) is 0 Å². The van der Waals surface area contributed by atoms with Crippen molar-refractivity contribution in [1.82, 2.24) is 4.90 Å². The van der Waals surface area contributed by atoms with E-state index in [4.69, 9.17) is 10.5 Å². The van der Waals surface area contributed by atoms with Crippen LogP contribution in [-0.4, -0.2) is 42.6 Å². The summed E-state index contributed by atoms with van der Waals surface area (Å²) in [6.45, 7) is 2.74. The largest absolute Gasteiger partial charge is 0.376 e. The van der Waals surface area contributed by atoms with Gasteiger partial charge in [-0.1, -0.05) is 30.3 Å². The Morgan fingerprint density at radius 2 is 2.15 bits per heavy atom. The number of carbonyl (C=O) groups is 1. The van der Waals surface area contributed by atoms with E-state index in [0.717, 1.165) is 19.4 Å². The van der Waals surface area contributed by atoms with Gasteiger partial charge < -0.3 is 15.4 Å². The minimum absolute atomic E-state index is 0.0169. The van der Waals surface area contributed by atoms with Gasteiger partial charge in [-0.25, -0.2) is 0 Å². The third-order valence-electron chi connectivity index (χ3n) is 4.09. The van der Waals surface area contributed by atoms with Crippen LogP contribution in [0.5, 0.6) is 0 Å². The van der Waals surface area contributed by atoms with E-state index >= 15 is 0 Å². The summed E-state index contributed by atoms with van der Waals surface area (Å²) < 4.78 is 5.51. The van der Waals surface area contributed by atoms with Crippen LogP contribution < -0.4 is 5.73 Å². The Hall–Kier alpha value is -1.39. The molecule has 20 heavy (non-hydrogen) atoms. The normalized spacial score (nSPS) is 23.6. The molecule has 1 aromatic carbocycles. The number of nitrogens with two attached hydrogens (primary N) is 1. The number of likely N-dealkylation sites (N-methyl/N-ethyl adjacent to an activating group) is 1. The maximum Gasteiger partial charge on any atom is 0.239 e. The fraction of sp³-hybridized carbons (Fsp3) is 0.562. The van der Waals surface area contributed by atoms with E-state index in [2.05, 4.69) is 12.1 Å². The van der Waals surface area contributed by atoms with Crippen LogP contribution in [0, 0.1) is 0 Å². The molecule has 2 N–H and O–H groups in total. The molecule has 3 atom stereocenters. The van der Waals surface area contributed by atoms with E-state index in [0.29, 0.717) is 6.42 Å². The standard InChI is InChI=1S/C16H24N2O2/c1-12-15(10-11-20-12)18(2)16(19)14(17)9-8-13-6-4-3-5-7-13/h3-7,12,14-15H,8-11,17H2,1-2H3/t12?,14-,15?/m0/s1. The average molecular weight is 276 g/mol. The lowest BCUT2D eigenvalue weighted by molar-refractivity contribution is -0.134. The zero-order chi connectivity index (χ0) is 14.5. The third-order valence-corrected chi connectivity index (χ3v) is 4.09. The Kier molecular flexibility index (Phi) is 5.15. The molecule has 1 aliphatic rings. The van der Waals surface area contributed by atoms with Gasteiger partial charge in [-0.3, -0.25) is 4.79 Å². The maximum absolute atomic E-state index is 12.3. The molecule has 0 aliphatic carbocycles. The van der Waals surface area contributed by atoms with Gasteiger partial charge >= 0.3 is 0 Å². The van der Waals surface area contributed by atoms with Crippen molar-refractivity contribution in [3.63, 3.8) is 0 Å². The van der Waals surface area contributed by atoms with Crippen molar-refractivity contribution in [3.05, 3.63) is 35.9 Å². The highest BCUT2D eigenvalue weighted by Crippen LogP contribution is 2.19. The highest BCUT2D eigenvalue weighted by atomic mass is 16.5. The Balaban J connectivity index is 1.85. The van der Waals surface area contributed by atoms with Gasteiger partial charge in [-0.2, -0.15) is 0 Å². The summed E-state index contributed by atoms with van der Waals surface area (Å²) >= 11 is 0. The highest BCUT2D eigenvalue weighted by Gasteiger charge is 2.32. The first-order valence-corrected chi connectivity index (χ1v) is 7.27. The summed E-state index contributed by atoms with van der Waals surface area (Å²) in [6, 6.07) is 9.85. The Morgan fingerprint density at radius 1 is 1.45 bits per heavy atom. The molecule has 1 amide bonds. The monoisotopic (exact) mass is 276 g/mol. The zero-order valence-corrected chi connectivity index (χ0v) is 12.3. The first-order chi connectivity index (χ1) is 9.59. The van der Waals surface area contributed by atoms with Gasteiger partial charge in [-0.05, 0) is 31.7 Å². The van der Waals surface area contributed by atoms with Crippen LogP contribution >= 0.6 is 0 Å². The molecule has 2 unspecified atom stereocenters. The molecular weight excluding hydrogens is 252 g/mol. The number of ether oxygens (including phenoxy) is 1. The molecule has 0 aromatic heterocycles. The van der Waals surface area contributed by atoms with Gasteiger partial charge in [-0.15, -0.1) is 0 Å². The number of benzene rings is 1. The zero-order valence-electron chi connectivity index (χ0n) is 12.3. The molecule has 4 heteroatoms.